The summed E-state index contributed by atoms with van der Waals surface area (Å²) in [4.78, 5) is 14.9. The van der Waals surface area contributed by atoms with Crippen LogP contribution >= 0.6 is 0 Å². The number of piperidine rings is 1. The van der Waals surface area contributed by atoms with Crippen molar-refractivity contribution in [2.45, 2.75) is 59.5 Å². The average molecular weight is 361 g/mol. The summed E-state index contributed by atoms with van der Waals surface area (Å²) in [6, 6.07) is 7.96. The van der Waals surface area contributed by atoms with Crippen molar-refractivity contribution in [3.05, 3.63) is 29.8 Å². The summed E-state index contributed by atoms with van der Waals surface area (Å²) < 4.78 is 5.92. The third-order valence-corrected chi connectivity index (χ3v) is 5.11. The number of nitrogens with one attached hydrogen (secondary N) is 1. The van der Waals surface area contributed by atoms with E-state index in [9.17, 15) is 4.79 Å². The molecule has 0 saturated carbocycles. The molecule has 2 rings (SSSR count). The lowest BCUT2D eigenvalue weighted by molar-refractivity contribution is -0.127. The smallest absolute Gasteiger partial charge is 0.260 e. The molecule has 0 aromatic heterocycles. The predicted molar refractivity (Wildman–Crippen MR) is 108 cm³/mol. The lowest BCUT2D eigenvalue weighted by Crippen LogP contribution is -2.41. The molecule has 0 spiro atoms. The van der Waals surface area contributed by atoms with Gasteiger partial charge in [0.2, 0.25) is 0 Å². The van der Waals surface area contributed by atoms with Crippen LogP contribution in [-0.4, -0.2) is 43.1 Å². The molecule has 1 aromatic carbocycles. The number of nitrogens with zero attached hydrogens (tertiary/aromatic N) is 1. The van der Waals surface area contributed by atoms with Crippen molar-refractivity contribution >= 4 is 5.91 Å². The largest absolute Gasteiger partial charge is 0.481 e. The molecule has 3 atom stereocenters. The number of carbonyl (C=O) groups excluding carboxylic acids is 1. The molecule has 1 aliphatic heterocycles. The van der Waals surface area contributed by atoms with Gasteiger partial charge in [-0.3, -0.25) is 4.79 Å². The van der Waals surface area contributed by atoms with E-state index in [4.69, 9.17) is 4.74 Å². The van der Waals surface area contributed by atoms with Gasteiger partial charge in [-0.2, -0.15) is 0 Å². The van der Waals surface area contributed by atoms with Gasteiger partial charge in [-0.15, -0.1) is 0 Å². The molecule has 26 heavy (non-hydrogen) atoms. The minimum Gasteiger partial charge on any atom is -0.481 e. The number of likely N-dealkylation sites (tertiary alicyclic amines) is 1. The Labute approximate surface area is 159 Å². The van der Waals surface area contributed by atoms with Crippen molar-refractivity contribution in [1.29, 1.82) is 0 Å². The third-order valence-electron chi connectivity index (χ3n) is 5.11. The van der Waals surface area contributed by atoms with E-state index in [0.29, 0.717) is 12.5 Å². The number of ether oxygens (including phenoxy) is 1. The first-order valence-corrected chi connectivity index (χ1v) is 10.1. The SMILES string of the molecule is CC(C)c1ccccc1O[C@H](C)C(=O)NCCCN1C[C@H](C)C[C@H](C)C1. The third kappa shape index (κ3) is 6.31. The van der Waals surface area contributed by atoms with Crippen molar-refractivity contribution in [1.82, 2.24) is 10.2 Å². The highest BCUT2D eigenvalue weighted by atomic mass is 16.5. The second kappa shape index (κ2) is 9.96. The quantitative estimate of drug-likeness (QED) is 0.711. The normalized spacial score (nSPS) is 22.2. The summed E-state index contributed by atoms with van der Waals surface area (Å²) in [7, 11) is 0. The van der Waals surface area contributed by atoms with Crippen LogP contribution in [0.3, 0.4) is 0 Å². The molecule has 0 radical (unpaired) electrons. The van der Waals surface area contributed by atoms with Gasteiger partial charge in [0.05, 0.1) is 0 Å². The standard InChI is InChI=1S/C22H36N2O2/c1-16(2)20-9-6-7-10-21(20)26-19(5)22(25)23-11-8-12-24-14-17(3)13-18(4)15-24/h6-7,9-10,16-19H,8,11-15H2,1-5H3,(H,23,25)/t17-,18+,19-/m1/s1. The van der Waals surface area contributed by atoms with E-state index in [1.807, 2.05) is 25.1 Å². The zero-order valence-electron chi connectivity index (χ0n) is 17.1. The van der Waals surface area contributed by atoms with E-state index in [0.717, 1.165) is 36.1 Å². The van der Waals surface area contributed by atoms with Crippen molar-refractivity contribution in [3.8, 4) is 5.75 Å². The number of carbonyl (C=O) groups is 1. The number of hydrogen-bond acceptors (Lipinski definition) is 3. The molecule has 1 aromatic rings. The zero-order chi connectivity index (χ0) is 19.1. The Bertz CT molecular complexity index is 563. The van der Waals surface area contributed by atoms with Gasteiger partial charge in [0.25, 0.3) is 5.91 Å². The van der Waals surface area contributed by atoms with Gasteiger partial charge in [-0.1, -0.05) is 45.9 Å². The summed E-state index contributed by atoms with van der Waals surface area (Å²) in [5.74, 6) is 2.70. The second-order valence-corrected chi connectivity index (χ2v) is 8.30. The molecule has 4 heteroatoms. The fraction of sp³-hybridized carbons (Fsp3) is 0.682. The highest BCUT2D eigenvalue weighted by molar-refractivity contribution is 5.80. The molecule has 4 nitrogen and oxygen atoms in total. The molecule has 0 unspecified atom stereocenters. The highest BCUT2D eigenvalue weighted by Gasteiger charge is 2.21. The zero-order valence-corrected chi connectivity index (χ0v) is 17.1. The molecular weight excluding hydrogens is 324 g/mol. The van der Waals surface area contributed by atoms with E-state index in [2.05, 4.69) is 44.0 Å². The molecule has 1 aliphatic rings. The summed E-state index contributed by atoms with van der Waals surface area (Å²) in [5.41, 5.74) is 1.14. The Balaban J connectivity index is 1.72. The maximum absolute atomic E-state index is 12.3. The monoisotopic (exact) mass is 360 g/mol. The molecule has 1 saturated heterocycles. The van der Waals surface area contributed by atoms with Crippen LogP contribution in [0.5, 0.6) is 5.75 Å². The molecule has 1 amide bonds. The van der Waals surface area contributed by atoms with Crippen molar-refractivity contribution in [3.63, 3.8) is 0 Å². The summed E-state index contributed by atoms with van der Waals surface area (Å²) >= 11 is 0. The van der Waals surface area contributed by atoms with E-state index in [-0.39, 0.29) is 5.91 Å². The molecule has 1 heterocycles. The van der Waals surface area contributed by atoms with E-state index in [1.165, 1.54) is 19.5 Å². The molecule has 0 bridgehead atoms. The van der Waals surface area contributed by atoms with Crippen LogP contribution in [0.25, 0.3) is 0 Å². The fourth-order valence-electron chi connectivity index (χ4n) is 3.94. The minimum atomic E-state index is -0.482. The Morgan fingerprint density at radius 3 is 2.50 bits per heavy atom. The first-order chi connectivity index (χ1) is 12.4. The summed E-state index contributed by atoms with van der Waals surface area (Å²) in [6.45, 7) is 14.9. The van der Waals surface area contributed by atoms with Crippen LogP contribution in [-0.2, 0) is 4.79 Å². The van der Waals surface area contributed by atoms with Crippen LogP contribution < -0.4 is 10.1 Å². The van der Waals surface area contributed by atoms with Gasteiger partial charge in [0, 0.05) is 19.6 Å². The van der Waals surface area contributed by atoms with Crippen LogP contribution in [0, 0.1) is 11.8 Å². The van der Waals surface area contributed by atoms with E-state index < -0.39 is 6.10 Å². The minimum absolute atomic E-state index is 0.0380. The number of hydrogen-bond donors (Lipinski definition) is 1. The van der Waals surface area contributed by atoms with Gasteiger partial charge < -0.3 is 15.0 Å². The van der Waals surface area contributed by atoms with Gasteiger partial charge in [-0.25, -0.2) is 0 Å². The van der Waals surface area contributed by atoms with E-state index >= 15 is 0 Å². The van der Waals surface area contributed by atoms with Crippen molar-refractivity contribution in [2.75, 3.05) is 26.2 Å². The molecule has 0 aliphatic carbocycles. The predicted octanol–water partition coefficient (Wildman–Crippen LogP) is 4.06. The number of benzene rings is 1. The molecular formula is C22H36N2O2. The number of para-hydroxylation sites is 1. The Kier molecular flexibility index (Phi) is 7.95. The van der Waals surface area contributed by atoms with Crippen LogP contribution in [0.1, 0.15) is 58.9 Å². The van der Waals surface area contributed by atoms with Crippen LogP contribution in [0.2, 0.25) is 0 Å². The molecule has 146 valence electrons. The van der Waals surface area contributed by atoms with Gasteiger partial charge in [0.15, 0.2) is 6.10 Å². The Morgan fingerprint density at radius 1 is 1.19 bits per heavy atom. The summed E-state index contributed by atoms with van der Waals surface area (Å²) in [6.07, 6.45) is 1.84. The first-order valence-electron chi connectivity index (χ1n) is 10.1. The van der Waals surface area contributed by atoms with Gasteiger partial charge >= 0.3 is 0 Å². The second-order valence-electron chi connectivity index (χ2n) is 8.30. The molecule has 1 fully saturated rings. The van der Waals surface area contributed by atoms with Gasteiger partial charge in [0.1, 0.15) is 5.75 Å². The maximum Gasteiger partial charge on any atom is 0.260 e. The summed E-state index contributed by atoms with van der Waals surface area (Å²) in [5, 5.41) is 3.02. The van der Waals surface area contributed by atoms with Gasteiger partial charge in [-0.05, 0) is 55.7 Å². The lowest BCUT2D eigenvalue weighted by atomic mass is 9.92. The number of rotatable bonds is 8. The van der Waals surface area contributed by atoms with Crippen LogP contribution in [0.4, 0.5) is 0 Å². The first kappa shape index (κ1) is 20.8. The highest BCUT2D eigenvalue weighted by Crippen LogP contribution is 2.26. The molecule has 1 N–H and O–H groups in total. The maximum atomic E-state index is 12.3. The van der Waals surface area contributed by atoms with E-state index in [1.54, 1.807) is 0 Å². The number of amides is 1. The lowest BCUT2D eigenvalue weighted by Gasteiger charge is -2.34. The van der Waals surface area contributed by atoms with Crippen molar-refractivity contribution in [2.24, 2.45) is 11.8 Å². The Morgan fingerprint density at radius 2 is 1.85 bits per heavy atom. The Hall–Kier alpha value is -1.55. The van der Waals surface area contributed by atoms with Crippen LogP contribution in [0.15, 0.2) is 24.3 Å². The topological polar surface area (TPSA) is 41.6 Å². The fourth-order valence-corrected chi connectivity index (χ4v) is 3.94. The average Bonchev–Trinajstić information content (AvgIpc) is 2.58. The van der Waals surface area contributed by atoms with Crippen molar-refractivity contribution < 1.29 is 9.53 Å².